The standard InChI is InChI=1S/2C17H21NO5S.C15H25NO4.C15H23NO4.C7H9N.C2H4O/c1-21-13-22-10-11-23-16-6-2-14(3-7-16)12-24(19,20)17-8-4-15(18)5-9-17;18-15-3-7-17(8-4-15)24(20,21)13-14-1-5-16(6-2-14)23-12-11-22-10-9-19;2*1-14-3-2-4-15(13-14)16(5-9-19-11-7-17)6-10-20-12-8-18;1-6-3-2-4-7(8)5-6;1-2-3-1/h2-9H,10-13,18H2,1H3;1-8,19H,9-13,18H2;2-4,13,17-18H,5-12H2,1H3;2-4,7,13,18H,5-6,8-12H2,1H3;2-5H,8H2,1H3;1-2H2. The van der Waals surface area contributed by atoms with Gasteiger partial charge in [0.2, 0.25) is 0 Å². The number of rotatable bonds is 40. The van der Waals surface area contributed by atoms with E-state index in [1.807, 2.05) is 62.4 Å². The largest absolute Gasteiger partial charge is 0.491 e. The summed E-state index contributed by atoms with van der Waals surface area (Å²) >= 11 is 0. The number of benzene rings is 7. The van der Waals surface area contributed by atoms with Gasteiger partial charge in [0.25, 0.3) is 0 Å². The molecule has 0 bridgehead atoms. The summed E-state index contributed by atoms with van der Waals surface area (Å²) in [5.41, 5.74) is 25.7. The summed E-state index contributed by atoms with van der Waals surface area (Å²) in [4.78, 5) is 15.1. The van der Waals surface area contributed by atoms with Crippen LogP contribution in [0.1, 0.15) is 27.8 Å². The summed E-state index contributed by atoms with van der Waals surface area (Å²) in [6.45, 7) is 16.6. The Hall–Kier alpha value is -7.77. The van der Waals surface area contributed by atoms with Crippen LogP contribution in [0, 0.1) is 20.8 Å². The van der Waals surface area contributed by atoms with E-state index in [0.29, 0.717) is 120 Å². The van der Waals surface area contributed by atoms with Crippen molar-refractivity contribution in [2.24, 2.45) is 0 Å². The van der Waals surface area contributed by atoms with Crippen molar-refractivity contribution in [1.82, 2.24) is 0 Å². The highest BCUT2D eigenvalue weighted by Gasteiger charge is 2.17. The lowest BCUT2D eigenvalue weighted by molar-refractivity contribution is -0.111. The number of hydrogen-bond donors (Lipinski definition) is 7. The number of epoxide rings is 1. The zero-order chi connectivity index (χ0) is 72.2. The van der Waals surface area contributed by atoms with Crippen LogP contribution in [-0.2, 0) is 73.9 Å². The van der Waals surface area contributed by atoms with Gasteiger partial charge in [0.1, 0.15) is 44.4 Å². The molecule has 0 aliphatic carbocycles. The molecule has 26 heteroatoms. The first kappa shape index (κ1) is 85.5. The molecule has 1 fully saturated rings. The van der Waals surface area contributed by atoms with Gasteiger partial charge in [-0.15, -0.1) is 0 Å². The van der Waals surface area contributed by atoms with Crippen LogP contribution in [0.25, 0.3) is 0 Å². The molecule has 0 unspecified atom stereocenters. The minimum absolute atomic E-state index is 0.0167. The molecule has 1 saturated heterocycles. The summed E-state index contributed by atoms with van der Waals surface area (Å²) in [5.74, 6) is 1.13. The average Bonchev–Trinajstić information content (AvgIpc) is 1.85. The molecular formula is C73H103N5O19S2. The van der Waals surface area contributed by atoms with Crippen molar-refractivity contribution < 1.29 is 89.4 Å². The minimum Gasteiger partial charge on any atom is -0.491 e. The fraction of sp³-hybridized carbons (Fsp3) is 0.411. The number of ether oxygens (including phenoxy) is 10. The highest BCUT2D eigenvalue weighted by atomic mass is 32.2. The molecule has 99 heavy (non-hydrogen) atoms. The number of nitrogens with two attached hydrogens (primary N) is 3. The van der Waals surface area contributed by atoms with Crippen molar-refractivity contribution in [3.05, 3.63) is 198 Å². The molecule has 0 saturated carbocycles. The molecule has 24 nitrogen and oxygen atoms in total. The maximum absolute atomic E-state index is 12.4. The van der Waals surface area contributed by atoms with E-state index in [2.05, 4.69) is 45.7 Å². The van der Waals surface area contributed by atoms with Crippen LogP contribution in [0.5, 0.6) is 11.5 Å². The van der Waals surface area contributed by atoms with Gasteiger partial charge in [0.05, 0.1) is 127 Å². The van der Waals surface area contributed by atoms with Crippen molar-refractivity contribution in [3.63, 3.8) is 0 Å². The van der Waals surface area contributed by atoms with Crippen molar-refractivity contribution in [2.45, 2.75) is 42.1 Å². The lowest BCUT2D eigenvalue weighted by atomic mass is 10.2. The Morgan fingerprint density at radius 2 is 0.778 bits per heavy atom. The predicted molar refractivity (Wildman–Crippen MR) is 387 cm³/mol. The quantitative estimate of drug-likeness (QED) is 0.00650. The van der Waals surface area contributed by atoms with Gasteiger partial charge in [-0.05, 0) is 158 Å². The number of hydrogen-bond acceptors (Lipinski definition) is 24. The molecular weight excluding hydrogens is 1310 g/mol. The monoisotopic (exact) mass is 1420 g/mol. The first-order valence-electron chi connectivity index (χ1n) is 32.3. The fourth-order valence-electron chi connectivity index (χ4n) is 8.46. The number of nitrogens with zero attached hydrogens (tertiary/aromatic N) is 2. The minimum atomic E-state index is -3.41. The predicted octanol–water partition coefficient (Wildman–Crippen LogP) is 7.31. The molecule has 0 radical (unpaired) electrons. The van der Waals surface area contributed by atoms with E-state index >= 15 is 0 Å². The molecule has 1 heterocycles. The third-order valence-corrected chi connectivity index (χ3v) is 16.8. The topological polar surface area (TPSA) is 346 Å². The summed E-state index contributed by atoms with van der Waals surface area (Å²) in [6.07, 6.45) is 0.751. The summed E-state index contributed by atoms with van der Waals surface area (Å²) in [6, 6.07) is 50.5. The Balaban J connectivity index is 0.000000326. The fourth-order valence-corrected chi connectivity index (χ4v) is 11.2. The number of aryl methyl sites for hydroxylation is 3. The van der Waals surface area contributed by atoms with E-state index in [0.717, 1.165) is 49.7 Å². The lowest BCUT2D eigenvalue weighted by Crippen LogP contribution is -2.31. The summed E-state index contributed by atoms with van der Waals surface area (Å²) in [5, 5.41) is 34.7. The number of sulfone groups is 2. The number of aliphatic hydroxyl groups excluding tert-OH is 4. The van der Waals surface area contributed by atoms with Gasteiger partial charge in [-0.2, -0.15) is 0 Å². The summed E-state index contributed by atoms with van der Waals surface area (Å²) < 4.78 is 101. The van der Waals surface area contributed by atoms with Crippen LogP contribution in [0.3, 0.4) is 0 Å². The number of aliphatic hydroxyl groups is 4. The highest BCUT2D eigenvalue weighted by molar-refractivity contribution is 7.91. The molecule has 0 aromatic heterocycles. The zero-order valence-electron chi connectivity index (χ0n) is 57.5. The third-order valence-electron chi connectivity index (χ3n) is 13.4. The maximum atomic E-state index is 12.4. The average molecular weight is 1420 g/mol. The van der Waals surface area contributed by atoms with Crippen LogP contribution in [0.2, 0.25) is 0 Å². The number of aldehydes is 1. The van der Waals surface area contributed by atoms with Crippen molar-refractivity contribution >= 4 is 54.4 Å². The first-order chi connectivity index (χ1) is 47.9. The number of methoxy groups -OCH3 is 1. The Morgan fingerprint density at radius 3 is 1.10 bits per heavy atom. The Labute approximate surface area is 584 Å². The van der Waals surface area contributed by atoms with Crippen LogP contribution in [0.15, 0.2) is 180 Å². The van der Waals surface area contributed by atoms with Gasteiger partial charge in [-0.1, -0.05) is 60.7 Å². The molecule has 0 atom stereocenters. The molecule has 0 spiro atoms. The van der Waals surface area contributed by atoms with Crippen molar-refractivity contribution in [3.8, 4) is 11.5 Å². The number of carbonyl (C=O) groups is 1. The third kappa shape index (κ3) is 40.8. The second kappa shape index (κ2) is 52.3. The van der Waals surface area contributed by atoms with Crippen LogP contribution < -0.4 is 36.5 Å². The molecule has 7 aromatic carbocycles. The second-order valence-electron chi connectivity index (χ2n) is 21.7. The molecule has 0 amide bonds. The van der Waals surface area contributed by atoms with Crippen LogP contribution in [-0.4, -0.2) is 209 Å². The normalized spacial score (nSPS) is 11.3. The molecule has 1 aliphatic heterocycles. The van der Waals surface area contributed by atoms with Crippen molar-refractivity contribution in [1.29, 1.82) is 0 Å². The Kier molecular flexibility index (Phi) is 45.1. The van der Waals surface area contributed by atoms with E-state index in [9.17, 15) is 21.6 Å². The summed E-state index contributed by atoms with van der Waals surface area (Å²) in [7, 11) is -5.26. The maximum Gasteiger partial charge on any atom is 0.182 e. The molecule has 8 rings (SSSR count). The number of carbonyl (C=O) groups excluding carboxylic acids is 1. The van der Waals surface area contributed by atoms with Gasteiger partial charge < -0.3 is 99.6 Å². The van der Waals surface area contributed by atoms with Gasteiger partial charge in [-0.3, -0.25) is 0 Å². The Morgan fingerprint density at radius 1 is 0.424 bits per heavy atom. The van der Waals surface area contributed by atoms with Gasteiger partial charge in [0, 0.05) is 61.7 Å². The van der Waals surface area contributed by atoms with Gasteiger partial charge in [-0.25, -0.2) is 16.8 Å². The zero-order valence-corrected chi connectivity index (χ0v) is 59.1. The molecule has 1 aliphatic rings. The van der Waals surface area contributed by atoms with Crippen LogP contribution >= 0.6 is 0 Å². The van der Waals surface area contributed by atoms with E-state index in [1.165, 1.54) is 41.0 Å². The van der Waals surface area contributed by atoms with E-state index in [-0.39, 0.29) is 67.7 Å². The van der Waals surface area contributed by atoms with E-state index < -0.39 is 19.7 Å². The molecule has 7 aromatic rings. The van der Waals surface area contributed by atoms with Gasteiger partial charge in [0.15, 0.2) is 19.7 Å². The lowest BCUT2D eigenvalue weighted by Gasteiger charge is -2.25. The van der Waals surface area contributed by atoms with Gasteiger partial charge >= 0.3 is 0 Å². The number of nitrogen functional groups attached to an aromatic ring is 3. The highest BCUT2D eigenvalue weighted by Crippen LogP contribution is 2.23. The second-order valence-corrected chi connectivity index (χ2v) is 25.7. The van der Waals surface area contributed by atoms with Crippen LogP contribution in [0.4, 0.5) is 28.4 Å². The number of anilines is 5. The SMILES string of the molecule is C1CO1.COCOCCOc1ccc(CS(=O)(=O)c2ccc(N)cc2)cc1.Cc1cccc(N(CCOCC=O)CCOCCO)c1.Cc1cccc(N(CCOCCO)CCOCCO)c1.Cc1cccc(N)c1.Nc1ccc(S(=O)(=O)Cc2ccc(OCCOCCO)cc2)cc1. The Bertz CT molecular complexity index is 3270. The smallest absolute Gasteiger partial charge is 0.182 e. The first-order valence-corrected chi connectivity index (χ1v) is 35.6. The van der Waals surface area contributed by atoms with E-state index in [4.69, 9.17) is 80.3 Å². The molecule has 546 valence electrons. The van der Waals surface area contributed by atoms with Crippen molar-refractivity contribution in [2.75, 3.05) is 193 Å². The van der Waals surface area contributed by atoms with E-state index in [1.54, 1.807) is 79.9 Å². The molecule has 10 N–H and O–H groups in total.